The molecular weight excluding hydrogens is 472 g/mol. The van der Waals surface area contributed by atoms with Gasteiger partial charge in [-0.05, 0) is 80.4 Å². The van der Waals surface area contributed by atoms with Crippen molar-refractivity contribution < 1.29 is 31.8 Å². The van der Waals surface area contributed by atoms with Crippen LogP contribution in [0.2, 0.25) is 0 Å². The lowest BCUT2D eigenvalue weighted by Gasteiger charge is -2.29. The van der Waals surface area contributed by atoms with Crippen molar-refractivity contribution in [3.8, 4) is 0 Å². The summed E-state index contributed by atoms with van der Waals surface area (Å²) in [5, 5.41) is 0. The molecule has 2 fully saturated rings. The molecule has 0 aliphatic heterocycles. The molecule has 0 unspecified atom stereocenters. The van der Waals surface area contributed by atoms with Gasteiger partial charge in [0.1, 0.15) is 6.10 Å². The maximum Gasteiger partial charge on any atom is 0.341 e. The monoisotopic (exact) mass is 506 g/mol. The molecular formula is C29H34F4O3. The van der Waals surface area contributed by atoms with Crippen molar-refractivity contribution in [2.24, 2.45) is 5.92 Å². The van der Waals surface area contributed by atoms with Crippen molar-refractivity contribution in [1.82, 2.24) is 0 Å². The highest BCUT2D eigenvalue weighted by Gasteiger charge is 2.31. The van der Waals surface area contributed by atoms with E-state index in [1.165, 1.54) is 12.1 Å². The number of halogens is 4. The van der Waals surface area contributed by atoms with Crippen LogP contribution in [0, 0.1) is 29.2 Å². The van der Waals surface area contributed by atoms with E-state index in [2.05, 4.69) is 6.92 Å². The molecule has 36 heavy (non-hydrogen) atoms. The van der Waals surface area contributed by atoms with Gasteiger partial charge in [0, 0.05) is 12.2 Å². The molecule has 2 aromatic rings. The van der Waals surface area contributed by atoms with Crippen molar-refractivity contribution in [2.75, 3.05) is 6.61 Å². The second-order valence-electron chi connectivity index (χ2n) is 10.2. The normalized spacial score (nSPS) is 24.5. The number of esters is 1. The predicted molar refractivity (Wildman–Crippen MR) is 129 cm³/mol. The SMILES string of the molecule is CCOCc1ccc(C2CCC(OC(=O)c3ccc(C4CCC(C)CC4)c(F)c3F)CC2)c(F)c1F. The van der Waals surface area contributed by atoms with Crippen molar-refractivity contribution in [3.63, 3.8) is 0 Å². The molecule has 2 saturated carbocycles. The highest BCUT2D eigenvalue weighted by atomic mass is 19.2. The summed E-state index contributed by atoms with van der Waals surface area (Å²) in [6.07, 6.45) is 4.94. The Bertz CT molecular complexity index is 1070. The van der Waals surface area contributed by atoms with E-state index in [1.54, 1.807) is 19.1 Å². The highest BCUT2D eigenvalue weighted by molar-refractivity contribution is 5.90. The predicted octanol–water partition coefficient (Wildman–Crippen LogP) is 7.96. The third-order valence-electron chi connectivity index (χ3n) is 7.83. The van der Waals surface area contributed by atoms with Crippen molar-refractivity contribution in [2.45, 2.75) is 89.8 Å². The lowest BCUT2D eigenvalue weighted by Crippen LogP contribution is -2.25. The van der Waals surface area contributed by atoms with Crippen LogP contribution in [-0.2, 0) is 16.1 Å². The molecule has 0 heterocycles. The first kappa shape index (κ1) is 26.6. The van der Waals surface area contributed by atoms with E-state index in [1.807, 2.05) is 0 Å². The minimum atomic E-state index is -1.16. The van der Waals surface area contributed by atoms with Crippen molar-refractivity contribution >= 4 is 5.97 Å². The van der Waals surface area contributed by atoms with Gasteiger partial charge in [-0.25, -0.2) is 22.4 Å². The lowest BCUT2D eigenvalue weighted by molar-refractivity contribution is 0.0188. The van der Waals surface area contributed by atoms with Crippen LogP contribution < -0.4 is 0 Å². The van der Waals surface area contributed by atoms with Crippen LogP contribution in [0.3, 0.4) is 0 Å². The van der Waals surface area contributed by atoms with Gasteiger partial charge in [0.05, 0.1) is 12.2 Å². The molecule has 196 valence electrons. The number of ether oxygens (including phenoxy) is 2. The largest absolute Gasteiger partial charge is 0.459 e. The Kier molecular flexibility index (Phi) is 8.70. The summed E-state index contributed by atoms with van der Waals surface area (Å²) in [5.74, 6) is -4.41. The van der Waals surface area contributed by atoms with E-state index in [0.717, 1.165) is 25.7 Å². The summed E-state index contributed by atoms with van der Waals surface area (Å²) in [5.41, 5.74) is 0.413. The number of carbonyl (C=O) groups excluding carboxylic acids is 1. The topological polar surface area (TPSA) is 35.5 Å². The molecule has 2 aliphatic rings. The molecule has 4 rings (SSSR count). The van der Waals surface area contributed by atoms with Crippen LogP contribution in [0.5, 0.6) is 0 Å². The van der Waals surface area contributed by atoms with Gasteiger partial charge in [0.15, 0.2) is 23.3 Å². The number of hydrogen-bond donors (Lipinski definition) is 0. The van der Waals surface area contributed by atoms with E-state index in [9.17, 15) is 22.4 Å². The summed E-state index contributed by atoms with van der Waals surface area (Å²) in [7, 11) is 0. The summed E-state index contributed by atoms with van der Waals surface area (Å²) in [4.78, 5) is 12.6. The van der Waals surface area contributed by atoms with E-state index in [4.69, 9.17) is 9.47 Å². The van der Waals surface area contributed by atoms with Gasteiger partial charge in [-0.15, -0.1) is 0 Å². The molecule has 0 N–H and O–H groups in total. The van der Waals surface area contributed by atoms with Crippen LogP contribution in [0.4, 0.5) is 17.6 Å². The summed E-state index contributed by atoms with van der Waals surface area (Å²) in [6, 6.07) is 5.97. The standard InChI is InChI=1S/C29H34F4O3/c1-3-35-16-20-10-13-22(26(31)25(20)30)19-8-11-21(12-9-19)36-29(34)24-15-14-23(27(32)28(24)33)18-6-4-17(2)5-7-18/h10,13-15,17-19,21H,3-9,11-12,16H2,1-2H3. The van der Waals surface area contributed by atoms with Crippen molar-refractivity contribution in [3.05, 3.63) is 69.8 Å². The quantitative estimate of drug-likeness (QED) is 0.282. The summed E-state index contributed by atoms with van der Waals surface area (Å²) >= 11 is 0. The summed E-state index contributed by atoms with van der Waals surface area (Å²) < 4.78 is 69.4. The molecule has 0 spiro atoms. The first-order chi connectivity index (χ1) is 17.3. The molecule has 0 bridgehead atoms. The smallest absolute Gasteiger partial charge is 0.341 e. The number of hydrogen-bond acceptors (Lipinski definition) is 3. The lowest BCUT2D eigenvalue weighted by atomic mass is 9.79. The van der Waals surface area contributed by atoms with E-state index in [0.29, 0.717) is 49.3 Å². The zero-order valence-corrected chi connectivity index (χ0v) is 20.9. The van der Waals surface area contributed by atoms with Crippen LogP contribution in [0.1, 0.15) is 104 Å². The van der Waals surface area contributed by atoms with Crippen LogP contribution in [0.25, 0.3) is 0 Å². The van der Waals surface area contributed by atoms with Crippen molar-refractivity contribution in [1.29, 1.82) is 0 Å². The highest BCUT2D eigenvalue weighted by Crippen LogP contribution is 2.39. The fourth-order valence-corrected chi connectivity index (χ4v) is 5.56. The molecule has 3 nitrogen and oxygen atoms in total. The molecule has 2 aromatic carbocycles. The minimum absolute atomic E-state index is 0.0141. The van der Waals surface area contributed by atoms with E-state index >= 15 is 0 Å². The third-order valence-corrected chi connectivity index (χ3v) is 7.83. The van der Waals surface area contributed by atoms with Crippen LogP contribution in [-0.4, -0.2) is 18.7 Å². The Morgan fingerprint density at radius 3 is 1.94 bits per heavy atom. The fourth-order valence-electron chi connectivity index (χ4n) is 5.56. The van der Waals surface area contributed by atoms with Gasteiger partial charge in [-0.3, -0.25) is 0 Å². The molecule has 0 radical (unpaired) electrons. The zero-order chi connectivity index (χ0) is 25.8. The van der Waals surface area contributed by atoms with E-state index in [-0.39, 0.29) is 24.0 Å². The Morgan fingerprint density at radius 2 is 1.33 bits per heavy atom. The van der Waals surface area contributed by atoms with Gasteiger partial charge in [-0.1, -0.05) is 38.0 Å². The number of carbonyl (C=O) groups is 1. The number of benzene rings is 2. The zero-order valence-electron chi connectivity index (χ0n) is 20.9. The average Bonchev–Trinajstić information content (AvgIpc) is 2.88. The summed E-state index contributed by atoms with van der Waals surface area (Å²) in [6.45, 7) is 4.37. The molecule has 7 heteroatoms. The fraction of sp³-hybridized carbons (Fsp3) is 0.552. The van der Waals surface area contributed by atoms with Crippen LogP contribution in [0.15, 0.2) is 24.3 Å². The van der Waals surface area contributed by atoms with Crippen LogP contribution >= 0.6 is 0 Å². The van der Waals surface area contributed by atoms with Gasteiger partial charge >= 0.3 is 5.97 Å². The van der Waals surface area contributed by atoms with Gasteiger partial charge in [0.25, 0.3) is 0 Å². The Balaban J connectivity index is 1.36. The Hall–Kier alpha value is -2.41. The maximum atomic E-state index is 14.8. The minimum Gasteiger partial charge on any atom is -0.459 e. The molecule has 0 saturated heterocycles. The maximum absolute atomic E-state index is 14.8. The molecule has 0 atom stereocenters. The van der Waals surface area contributed by atoms with Gasteiger partial charge in [-0.2, -0.15) is 0 Å². The second kappa shape index (κ2) is 11.8. The van der Waals surface area contributed by atoms with Gasteiger partial charge in [0.2, 0.25) is 0 Å². The molecule has 2 aliphatic carbocycles. The number of rotatable bonds is 7. The van der Waals surface area contributed by atoms with E-state index < -0.39 is 40.9 Å². The first-order valence-corrected chi connectivity index (χ1v) is 13.0. The molecule has 0 amide bonds. The Labute approximate surface area is 210 Å². The Morgan fingerprint density at radius 1 is 0.778 bits per heavy atom. The van der Waals surface area contributed by atoms with Gasteiger partial charge < -0.3 is 9.47 Å². The third kappa shape index (κ3) is 5.77. The molecule has 0 aromatic heterocycles. The second-order valence-corrected chi connectivity index (χ2v) is 10.2. The average molecular weight is 507 g/mol. The first-order valence-electron chi connectivity index (χ1n) is 13.0.